The number of anilines is 3. The minimum Gasteiger partial charge on any atom is -0.388 e. The topological polar surface area (TPSA) is 18.5 Å². The van der Waals surface area contributed by atoms with E-state index in [1.165, 1.54) is 17.1 Å². The van der Waals surface area contributed by atoms with E-state index in [2.05, 4.69) is 69.7 Å². The van der Waals surface area contributed by atoms with Gasteiger partial charge >= 0.3 is 0 Å². The number of rotatable bonds is 3. The van der Waals surface area contributed by atoms with Crippen LogP contribution < -0.4 is 15.1 Å². The zero-order valence-corrected chi connectivity index (χ0v) is 11.9. The molecule has 3 rings (SSSR count). The monoisotopic (exact) mass is 267 g/mol. The number of hydrogen-bond donors (Lipinski definition) is 1. The van der Waals surface area contributed by atoms with Crippen LogP contribution in [0.15, 0.2) is 54.6 Å². The average molecular weight is 267 g/mol. The van der Waals surface area contributed by atoms with Crippen LogP contribution >= 0.6 is 0 Å². The molecule has 0 amide bonds. The van der Waals surface area contributed by atoms with Gasteiger partial charge in [-0.2, -0.15) is 0 Å². The van der Waals surface area contributed by atoms with E-state index in [1.807, 2.05) is 7.05 Å². The van der Waals surface area contributed by atoms with Crippen molar-refractivity contribution in [2.24, 2.45) is 0 Å². The minimum atomic E-state index is 1.07. The third-order valence-electron chi connectivity index (χ3n) is 3.90. The van der Waals surface area contributed by atoms with E-state index in [1.54, 1.807) is 0 Å². The lowest BCUT2D eigenvalue weighted by atomic mass is 10.2. The highest BCUT2D eigenvalue weighted by Crippen LogP contribution is 2.22. The quantitative estimate of drug-likeness (QED) is 0.922. The molecule has 2 aromatic carbocycles. The molecule has 0 aliphatic carbocycles. The molecule has 1 fully saturated rings. The van der Waals surface area contributed by atoms with Crippen LogP contribution in [0.4, 0.5) is 17.1 Å². The Kier molecular flexibility index (Phi) is 3.77. The predicted octanol–water partition coefficient (Wildman–Crippen LogP) is 3.05. The Morgan fingerprint density at radius 3 is 2.00 bits per heavy atom. The summed E-state index contributed by atoms with van der Waals surface area (Å²) in [5, 5.41) is 3.20. The van der Waals surface area contributed by atoms with Gasteiger partial charge in [0.15, 0.2) is 0 Å². The lowest BCUT2D eigenvalue weighted by molar-refractivity contribution is 0.653. The molecule has 20 heavy (non-hydrogen) atoms. The molecule has 0 saturated carbocycles. The molecular weight excluding hydrogens is 246 g/mol. The van der Waals surface area contributed by atoms with E-state index in [0.29, 0.717) is 0 Å². The van der Waals surface area contributed by atoms with E-state index in [0.717, 1.165) is 26.2 Å². The first-order chi connectivity index (χ1) is 9.86. The first-order valence-corrected chi connectivity index (χ1v) is 7.19. The van der Waals surface area contributed by atoms with Gasteiger partial charge in [-0.25, -0.2) is 0 Å². The van der Waals surface area contributed by atoms with E-state index in [9.17, 15) is 0 Å². The van der Waals surface area contributed by atoms with Crippen LogP contribution in [0.25, 0.3) is 0 Å². The molecule has 3 heteroatoms. The smallest absolute Gasteiger partial charge is 0.0388 e. The maximum Gasteiger partial charge on any atom is 0.0388 e. The number of para-hydroxylation sites is 1. The number of nitrogens with zero attached hydrogens (tertiary/aromatic N) is 2. The molecule has 1 saturated heterocycles. The highest BCUT2D eigenvalue weighted by molar-refractivity contribution is 5.59. The largest absolute Gasteiger partial charge is 0.388 e. The Labute approximate surface area is 120 Å². The van der Waals surface area contributed by atoms with Gasteiger partial charge in [-0.3, -0.25) is 0 Å². The lowest BCUT2D eigenvalue weighted by Crippen LogP contribution is -2.46. The predicted molar refractivity (Wildman–Crippen MR) is 86.9 cm³/mol. The van der Waals surface area contributed by atoms with Crippen LogP contribution in [-0.2, 0) is 0 Å². The van der Waals surface area contributed by atoms with Gasteiger partial charge < -0.3 is 15.1 Å². The molecule has 0 bridgehead atoms. The standard InChI is InChI=1S/C17H21N3/c1-18-15-6-5-9-17(14-15)20-12-10-19(11-13-20)16-7-3-2-4-8-16/h2-9,14,18H,10-13H2,1H3. The van der Waals surface area contributed by atoms with Gasteiger partial charge in [-0.15, -0.1) is 0 Å². The normalized spacial score (nSPS) is 15.2. The molecule has 0 spiro atoms. The van der Waals surface area contributed by atoms with Gasteiger partial charge in [-0.05, 0) is 30.3 Å². The van der Waals surface area contributed by atoms with Gasteiger partial charge in [0.05, 0.1) is 0 Å². The van der Waals surface area contributed by atoms with E-state index in [-0.39, 0.29) is 0 Å². The average Bonchev–Trinajstić information content (AvgIpc) is 2.56. The van der Waals surface area contributed by atoms with Crippen LogP contribution in [0.2, 0.25) is 0 Å². The summed E-state index contributed by atoms with van der Waals surface area (Å²) in [5.74, 6) is 0. The van der Waals surface area contributed by atoms with Crippen LogP contribution in [0.3, 0.4) is 0 Å². The SMILES string of the molecule is CNc1cccc(N2CCN(c3ccccc3)CC2)c1. The molecule has 0 atom stereocenters. The van der Waals surface area contributed by atoms with Crippen molar-refractivity contribution in [3.8, 4) is 0 Å². The molecule has 0 aromatic heterocycles. The fourth-order valence-corrected chi connectivity index (χ4v) is 2.72. The number of nitrogens with one attached hydrogen (secondary N) is 1. The van der Waals surface area contributed by atoms with E-state index >= 15 is 0 Å². The molecule has 1 heterocycles. The maximum absolute atomic E-state index is 3.20. The summed E-state index contributed by atoms with van der Waals surface area (Å²) in [6, 6.07) is 19.3. The van der Waals surface area contributed by atoms with E-state index < -0.39 is 0 Å². The van der Waals surface area contributed by atoms with Crippen LogP contribution in [0.1, 0.15) is 0 Å². The van der Waals surface area contributed by atoms with Crippen molar-refractivity contribution in [2.75, 3.05) is 48.3 Å². The Morgan fingerprint density at radius 2 is 1.35 bits per heavy atom. The Bertz CT molecular complexity index is 545. The van der Waals surface area contributed by atoms with Gasteiger partial charge in [-0.1, -0.05) is 24.3 Å². The molecular formula is C17H21N3. The molecule has 1 aliphatic heterocycles. The van der Waals surface area contributed by atoms with Crippen molar-refractivity contribution in [1.29, 1.82) is 0 Å². The van der Waals surface area contributed by atoms with Crippen molar-refractivity contribution in [3.05, 3.63) is 54.6 Å². The molecule has 1 aliphatic rings. The molecule has 2 aromatic rings. The highest BCUT2D eigenvalue weighted by atomic mass is 15.3. The van der Waals surface area contributed by atoms with Crippen LogP contribution in [-0.4, -0.2) is 33.2 Å². The second-order valence-corrected chi connectivity index (χ2v) is 5.11. The van der Waals surface area contributed by atoms with Crippen molar-refractivity contribution in [1.82, 2.24) is 0 Å². The number of benzene rings is 2. The first kappa shape index (κ1) is 12.9. The zero-order valence-electron chi connectivity index (χ0n) is 11.9. The maximum atomic E-state index is 3.20. The van der Waals surface area contributed by atoms with Crippen molar-refractivity contribution in [2.45, 2.75) is 0 Å². The number of hydrogen-bond acceptors (Lipinski definition) is 3. The van der Waals surface area contributed by atoms with E-state index in [4.69, 9.17) is 0 Å². The van der Waals surface area contributed by atoms with Crippen molar-refractivity contribution < 1.29 is 0 Å². The van der Waals surface area contributed by atoms with Crippen molar-refractivity contribution in [3.63, 3.8) is 0 Å². The zero-order chi connectivity index (χ0) is 13.8. The van der Waals surface area contributed by atoms with Crippen LogP contribution in [0, 0.1) is 0 Å². The molecule has 0 radical (unpaired) electrons. The Morgan fingerprint density at radius 1 is 0.750 bits per heavy atom. The summed E-state index contributed by atoms with van der Waals surface area (Å²) in [6.45, 7) is 4.30. The summed E-state index contributed by atoms with van der Waals surface area (Å²) in [4.78, 5) is 4.92. The second-order valence-electron chi connectivity index (χ2n) is 5.11. The highest BCUT2D eigenvalue weighted by Gasteiger charge is 2.17. The molecule has 104 valence electrons. The van der Waals surface area contributed by atoms with Gasteiger partial charge in [0, 0.05) is 50.3 Å². The fraction of sp³-hybridized carbons (Fsp3) is 0.294. The van der Waals surface area contributed by atoms with Gasteiger partial charge in [0.2, 0.25) is 0 Å². The van der Waals surface area contributed by atoms with Crippen molar-refractivity contribution >= 4 is 17.1 Å². The summed E-state index contributed by atoms with van der Waals surface area (Å²) in [6.07, 6.45) is 0. The van der Waals surface area contributed by atoms with Gasteiger partial charge in [0.1, 0.15) is 0 Å². The minimum absolute atomic E-state index is 1.07. The number of piperazine rings is 1. The Hall–Kier alpha value is -2.16. The lowest BCUT2D eigenvalue weighted by Gasteiger charge is -2.37. The summed E-state index contributed by atoms with van der Waals surface area (Å²) in [5.41, 5.74) is 3.81. The summed E-state index contributed by atoms with van der Waals surface area (Å²) >= 11 is 0. The van der Waals surface area contributed by atoms with Gasteiger partial charge in [0.25, 0.3) is 0 Å². The molecule has 0 unspecified atom stereocenters. The third kappa shape index (κ3) is 2.72. The third-order valence-corrected chi connectivity index (χ3v) is 3.90. The Balaban J connectivity index is 1.66. The first-order valence-electron chi connectivity index (χ1n) is 7.19. The molecule has 1 N–H and O–H groups in total. The van der Waals surface area contributed by atoms with Crippen LogP contribution in [0.5, 0.6) is 0 Å². The second kappa shape index (κ2) is 5.87. The fourth-order valence-electron chi connectivity index (χ4n) is 2.72. The summed E-state index contributed by atoms with van der Waals surface area (Å²) < 4.78 is 0. The molecule has 3 nitrogen and oxygen atoms in total. The summed E-state index contributed by atoms with van der Waals surface area (Å²) in [7, 11) is 1.96.